The lowest BCUT2D eigenvalue weighted by Gasteiger charge is -2.31. The molecule has 0 unspecified atom stereocenters. The molecular formula is C28H33N5O4. The lowest BCUT2D eigenvalue weighted by Crippen LogP contribution is -2.40. The van der Waals surface area contributed by atoms with E-state index in [2.05, 4.69) is 32.7 Å². The molecule has 37 heavy (non-hydrogen) atoms. The highest BCUT2D eigenvalue weighted by atomic mass is 16.5. The summed E-state index contributed by atoms with van der Waals surface area (Å²) in [6, 6.07) is 15.2. The normalized spacial score (nSPS) is 19.1. The topological polar surface area (TPSA) is 109 Å². The first-order valence-corrected chi connectivity index (χ1v) is 12.9. The molecule has 9 nitrogen and oxygen atoms in total. The van der Waals surface area contributed by atoms with Crippen LogP contribution in [0.4, 0.5) is 17.3 Å². The van der Waals surface area contributed by atoms with E-state index in [9.17, 15) is 9.90 Å². The second-order valence-electron chi connectivity index (χ2n) is 9.25. The number of ether oxygens (including phenoxy) is 2. The van der Waals surface area contributed by atoms with Gasteiger partial charge in [0.05, 0.1) is 38.2 Å². The van der Waals surface area contributed by atoms with Crippen molar-refractivity contribution in [2.75, 3.05) is 49.7 Å². The zero-order valence-electron chi connectivity index (χ0n) is 20.9. The zero-order valence-corrected chi connectivity index (χ0v) is 20.9. The van der Waals surface area contributed by atoms with E-state index in [-0.39, 0.29) is 12.4 Å². The van der Waals surface area contributed by atoms with E-state index in [4.69, 9.17) is 14.5 Å². The average Bonchev–Trinajstić information content (AvgIpc) is 2.94. The van der Waals surface area contributed by atoms with Crippen molar-refractivity contribution in [3.05, 3.63) is 60.3 Å². The lowest BCUT2D eigenvalue weighted by molar-refractivity contribution is -0.122. The van der Waals surface area contributed by atoms with Gasteiger partial charge in [-0.25, -0.2) is 9.97 Å². The van der Waals surface area contributed by atoms with Crippen molar-refractivity contribution in [2.45, 2.75) is 31.8 Å². The highest BCUT2D eigenvalue weighted by Gasteiger charge is 2.20. The van der Waals surface area contributed by atoms with E-state index in [1.165, 1.54) is 0 Å². The molecule has 6 bridgehead atoms. The Hall–Kier alpha value is -3.53. The summed E-state index contributed by atoms with van der Waals surface area (Å²) in [7, 11) is 0. The van der Waals surface area contributed by atoms with Gasteiger partial charge < -0.3 is 30.1 Å². The summed E-state index contributed by atoms with van der Waals surface area (Å²) >= 11 is 0. The highest BCUT2D eigenvalue weighted by Crippen LogP contribution is 2.28. The van der Waals surface area contributed by atoms with Gasteiger partial charge in [-0.3, -0.25) is 4.79 Å². The first-order chi connectivity index (χ1) is 18.2. The van der Waals surface area contributed by atoms with Crippen molar-refractivity contribution in [2.24, 2.45) is 0 Å². The first kappa shape index (κ1) is 25.1. The van der Waals surface area contributed by atoms with Crippen LogP contribution in [-0.2, 0) is 16.1 Å². The number of hydrogen-bond acceptors (Lipinski definition) is 9. The quantitative estimate of drug-likeness (QED) is 0.485. The van der Waals surface area contributed by atoms with Gasteiger partial charge in [-0.15, -0.1) is 0 Å². The Kier molecular flexibility index (Phi) is 8.25. The number of benzene rings is 2. The molecule has 1 aromatic heterocycles. The number of aromatic nitrogens is 2. The smallest absolute Gasteiger partial charge is 0.227 e. The van der Waals surface area contributed by atoms with Crippen LogP contribution in [0.3, 0.4) is 0 Å². The molecule has 1 saturated heterocycles. The lowest BCUT2D eigenvalue weighted by atomic mass is 10.1. The molecule has 2 aliphatic heterocycles. The van der Waals surface area contributed by atoms with E-state index in [0.717, 1.165) is 53.5 Å². The molecule has 0 aliphatic carbocycles. The van der Waals surface area contributed by atoms with Crippen LogP contribution in [0.5, 0.6) is 5.75 Å². The third kappa shape index (κ3) is 6.43. The third-order valence-corrected chi connectivity index (χ3v) is 6.67. The molecule has 9 heteroatoms. The molecule has 2 aliphatic rings. The highest BCUT2D eigenvalue weighted by molar-refractivity contribution is 5.84. The molecule has 0 saturated carbocycles. The van der Waals surface area contributed by atoms with Gasteiger partial charge in [-0.2, -0.15) is 0 Å². The number of aliphatic hydroxyl groups is 1. The van der Waals surface area contributed by atoms with Gasteiger partial charge >= 0.3 is 0 Å². The summed E-state index contributed by atoms with van der Waals surface area (Å²) in [5, 5.41) is 16.5. The molecule has 5 rings (SSSR count). The van der Waals surface area contributed by atoms with Crippen LogP contribution in [-0.4, -0.2) is 66.4 Å². The van der Waals surface area contributed by atoms with E-state index < -0.39 is 6.04 Å². The molecule has 1 fully saturated rings. The molecular weight excluding hydrogens is 470 g/mol. The number of fused-ring (bicyclic) bond motifs is 7. The van der Waals surface area contributed by atoms with E-state index in [0.29, 0.717) is 45.2 Å². The molecule has 0 spiro atoms. The Morgan fingerprint density at radius 3 is 2.81 bits per heavy atom. The number of ketones is 1. The minimum atomic E-state index is -0.617. The van der Waals surface area contributed by atoms with Gasteiger partial charge in [0.15, 0.2) is 5.78 Å². The second-order valence-corrected chi connectivity index (χ2v) is 9.25. The molecule has 1 atom stereocenters. The summed E-state index contributed by atoms with van der Waals surface area (Å²) in [4.78, 5) is 24.3. The van der Waals surface area contributed by atoms with Crippen molar-refractivity contribution in [3.63, 3.8) is 0 Å². The van der Waals surface area contributed by atoms with Crippen LogP contribution >= 0.6 is 0 Å². The molecule has 3 N–H and O–H groups in total. The fourth-order valence-electron chi connectivity index (χ4n) is 4.65. The molecule has 0 amide bonds. The summed E-state index contributed by atoms with van der Waals surface area (Å²) in [5.74, 6) is 1.25. The zero-order chi connectivity index (χ0) is 25.5. The van der Waals surface area contributed by atoms with Crippen molar-refractivity contribution >= 4 is 23.1 Å². The van der Waals surface area contributed by atoms with Gasteiger partial charge in [-0.05, 0) is 54.8 Å². The Morgan fingerprint density at radius 2 is 1.95 bits per heavy atom. The maximum absolute atomic E-state index is 12.8. The van der Waals surface area contributed by atoms with Crippen LogP contribution in [0.25, 0.3) is 11.3 Å². The third-order valence-electron chi connectivity index (χ3n) is 6.67. The first-order valence-electron chi connectivity index (χ1n) is 12.9. The van der Waals surface area contributed by atoms with Crippen LogP contribution in [0.15, 0.2) is 54.7 Å². The molecule has 194 valence electrons. The Bertz CT molecular complexity index is 1210. The number of carbonyl (C=O) groups is 1. The fraction of sp³-hybridized carbons (Fsp3) is 0.393. The van der Waals surface area contributed by atoms with Crippen LogP contribution < -0.4 is 20.3 Å². The average molecular weight is 504 g/mol. The number of carbonyl (C=O) groups excluding carboxylic acids is 1. The van der Waals surface area contributed by atoms with Gasteiger partial charge in [0.25, 0.3) is 0 Å². The predicted octanol–water partition coefficient (Wildman–Crippen LogP) is 3.31. The van der Waals surface area contributed by atoms with Gasteiger partial charge in [0.1, 0.15) is 5.75 Å². The minimum Gasteiger partial charge on any atom is -0.494 e. The summed E-state index contributed by atoms with van der Waals surface area (Å²) in [6.07, 6.45) is 3.58. The number of Topliss-reactive ketones (excluding diaryl/α,β-unsaturated/α-hetero) is 1. The number of morpholine rings is 1. The number of nitrogens with one attached hydrogen (secondary N) is 2. The summed E-state index contributed by atoms with van der Waals surface area (Å²) in [5.41, 5.74) is 4.68. The second kappa shape index (κ2) is 12.1. The van der Waals surface area contributed by atoms with E-state index >= 15 is 0 Å². The van der Waals surface area contributed by atoms with Gasteiger partial charge in [-0.1, -0.05) is 12.1 Å². The van der Waals surface area contributed by atoms with Gasteiger partial charge in [0.2, 0.25) is 5.95 Å². The molecule has 3 heterocycles. The van der Waals surface area contributed by atoms with E-state index in [1.807, 2.05) is 36.4 Å². The fourth-order valence-corrected chi connectivity index (χ4v) is 4.65. The maximum Gasteiger partial charge on any atom is 0.227 e. The number of nitrogens with zero attached hydrogens (tertiary/aromatic N) is 3. The Balaban J connectivity index is 1.48. The number of anilines is 3. The molecule has 0 radical (unpaired) electrons. The summed E-state index contributed by atoms with van der Waals surface area (Å²) in [6.45, 7) is 3.66. The van der Waals surface area contributed by atoms with Crippen LogP contribution in [0.1, 0.15) is 24.8 Å². The van der Waals surface area contributed by atoms with Crippen LogP contribution in [0, 0.1) is 0 Å². The molecule has 3 aromatic rings. The van der Waals surface area contributed by atoms with Crippen molar-refractivity contribution in [1.29, 1.82) is 0 Å². The van der Waals surface area contributed by atoms with Crippen molar-refractivity contribution < 1.29 is 19.4 Å². The van der Waals surface area contributed by atoms with Gasteiger partial charge in [0, 0.05) is 49.2 Å². The minimum absolute atomic E-state index is 0.00837. The maximum atomic E-state index is 12.8. The summed E-state index contributed by atoms with van der Waals surface area (Å²) < 4.78 is 11.5. The molecule has 2 aromatic carbocycles. The standard InChI is InChI=1S/C28H33N5O4/c34-19-25-27(35)6-1-2-13-37-23-5-3-4-20(17-23)24-9-10-29-28(32-24)31-22-7-8-26(21(16-22)18-30-25)33-11-14-36-15-12-33/h3-5,7-10,16-17,25,30,34H,1-2,6,11-15,18-19H2,(H,29,31,32)/t25-/m0/s1. The van der Waals surface area contributed by atoms with E-state index in [1.54, 1.807) is 6.20 Å². The number of rotatable bonds is 2. The van der Waals surface area contributed by atoms with Crippen LogP contribution in [0.2, 0.25) is 0 Å². The Morgan fingerprint density at radius 1 is 1.05 bits per heavy atom. The monoisotopic (exact) mass is 503 g/mol. The number of hydrogen-bond donors (Lipinski definition) is 3. The Labute approximate surface area is 216 Å². The van der Waals surface area contributed by atoms with Crippen molar-refractivity contribution in [3.8, 4) is 17.0 Å². The largest absolute Gasteiger partial charge is 0.494 e. The predicted molar refractivity (Wildman–Crippen MR) is 142 cm³/mol. The number of aliphatic hydroxyl groups excluding tert-OH is 1. The van der Waals surface area contributed by atoms with Crippen molar-refractivity contribution in [1.82, 2.24) is 15.3 Å². The SMILES string of the molecule is O=C1CCCCOc2cccc(c2)-c2ccnc(n2)Nc2ccc(N3CCOCC3)c(c2)CN[C@H]1CO.